The molecule has 594 valence electrons. The average Bonchev–Trinajstić information content (AvgIpc) is 1.09. The number of carbonyl (C=O) groups excluding carboxylic acids is 2. The van der Waals surface area contributed by atoms with Crippen molar-refractivity contribution in [1.29, 1.82) is 0 Å². The Morgan fingerprint density at radius 3 is 1.40 bits per heavy atom. The highest BCUT2D eigenvalue weighted by Gasteiger charge is 2.30. The van der Waals surface area contributed by atoms with Crippen molar-refractivity contribution in [2.24, 2.45) is 36.6 Å². The van der Waals surface area contributed by atoms with Crippen molar-refractivity contribution >= 4 is 70.1 Å². The van der Waals surface area contributed by atoms with Crippen molar-refractivity contribution < 1.29 is 18.8 Å². The molecule has 1 amide bonds. The Balaban J connectivity index is 0.000000611. The SMILES string of the molecule is C#CC1=NC(C(C)(C)C)=CC1.C#CC1=NCC=C1C(C)(C)C.C#CC1=NCC=C1C(C)(C)C.C#Cc1cc(C(C)(C)C)n[nH]1.C#Cc1ncc(C(C)(C)C)[nH]1.C=Cc1cc(C(C)(C)C)on1.C=Cc1cc(C(C)(C)C)sn1.C=Cc1ncc(C(C)(C)C)s1.CC(C)(C)C1CC=CC(=O)O1.CC(C)(C)N1CCC=CC1=O. The highest BCUT2D eigenvalue weighted by Crippen LogP contribution is 2.34. The molecule has 5 aromatic heterocycles. The molecule has 0 bridgehead atoms. The Morgan fingerprint density at radius 2 is 1.13 bits per heavy atom. The number of carbonyl (C=O) groups is 2. The van der Waals surface area contributed by atoms with Crippen LogP contribution >= 0.6 is 22.9 Å². The number of H-pyrrole nitrogens is 2. The van der Waals surface area contributed by atoms with E-state index in [0.717, 1.165) is 101 Å². The van der Waals surface area contributed by atoms with Gasteiger partial charge in [0.15, 0.2) is 5.82 Å². The summed E-state index contributed by atoms with van der Waals surface area (Å²) in [5, 5.41) is 11.7. The van der Waals surface area contributed by atoms with Gasteiger partial charge in [-0.3, -0.25) is 19.9 Å². The minimum atomic E-state index is -0.212. The summed E-state index contributed by atoms with van der Waals surface area (Å²) in [6.07, 6.45) is 51.1. The molecule has 0 radical (unpaired) electrons. The van der Waals surface area contributed by atoms with Gasteiger partial charge in [-0.25, -0.2) is 19.8 Å². The van der Waals surface area contributed by atoms with Crippen molar-refractivity contribution in [2.45, 2.75) is 266 Å². The van der Waals surface area contributed by atoms with Crippen LogP contribution in [0.1, 0.15) is 282 Å². The number of allylic oxidation sites excluding steroid dienone is 4. The van der Waals surface area contributed by atoms with Crippen molar-refractivity contribution in [1.82, 2.24) is 39.6 Å². The fourth-order valence-corrected chi connectivity index (χ4v) is 11.0. The van der Waals surface area contributed by atoms with E-state index in [-0.39, 0.29) is 72.3 Å². The van der Waals surface area contributed by atoms with Crippen LogP contribution in [0.2, 0.25) is 0 Å². The molecule has 1 atom stereocenters. The normalized spacial score (nSPS) is 15.3. The van der Waals surface area contributed by atoms with Crippen LogP contribution < -0.4 is 0 Å². The summed E-state index contributed by atoms with van der Waals surface area (Å²) in [5.41, 5.74) is 11.8. The van der Waals surface area contributed by atoms with Gasteiger partial charge in [0.25, 0.3) is 0 Å². The number of nitrogens with zero attached hydrogens (tertiary/aromatic N) is 9. The van der Waals surface area contributed by atoms with Crippen LogP contribution in [0.5, 0.6) is 0 Å². The van der Waals surface area contributed by atoms with Gasteiger partial charge >= 0.3 is 5.97 Å². The van der Waals surface area contributed by atoms with Crippen molar-refractivity contribution in [3.05, 3.63) is 165 Å². The molecule has 0 saturated carbocycles. The molecule has 2 N–H and O–H groups in total. The van der Waals surface area contributed by atoms with E-state index in [2.05, 4.69) is 331 Å². The van der Waals surface area contributed by atoms with Crippen molar-refractivity contribution in [3.63, 3.8) is 0 Å². The van der Waals surface area contributed by atoms with Crippen LogP contribution in [0.15, 0.2) is 129 Å². The lowest BCUT2D eigenvalue weighted by Crippen LogP contribution is -2.46. The molecule has 1 unspecified atom stereocenters. The van der Waals surface area contributed by atoms with Gasteiger partial charge in [-0.15, -0.1) is 43.5 Å². The maximum absolute atomic E-state index is 11.3. The van der Waals surface area contributed by atoms with E-state index in [4.69, 9.17) is 41.4 Å². The molecule has 5 aromatic rings. The monoisotopic (exact) mass is 1530 g/mol. The van der Waals surface area contributed by atoms with E-state index in [1.54, 1.807) is 53.4 Å². The number of aromatic nitrogens is 7. The Bertz CT molecular complexity index is 4070. The van der Waals surface area contributed by atoms with E-state index in [1.807, 2.05) is 35.4 Å². The number of esters is 1. The lowest BCUT2D eigenvalue weighted by Gasteiger charge is -2.36. The highest BCUT2D eigenvalue weighted by molar-refractivity contribution is 7.12. The quantitative estimate of drug-likeness (QED) is 0.131. The third-order valence-electron chi connectivity index (χ3n) is 16.3. The molecule has 0 saturated heterocycles. The summed E-state index contributed by atoms with van der Waals surface area (Å²) < 4.78 is 14.4. The summed E-state index contributed by atoms with van der Waals surface area (Å²) in [4.78, 5) is 50.6. The van der Waals surface area contributed by atoms with Gasteiger partial charge < -0.3 is 19.1 Å². The van der Waals surface area contributed by atoms with Gasteiger partial charge in [0, 0.05) is 92.3 Å². The minimum absolute atomic E-state index is 0.0259. The fourth-order valence-electron chi connectivity index (χ4n) is 9.45. The number of hydrogen-bond donors (Lipinski definition) is 2. The van der Waals surface area contributed by atoms with Crippen molar-refractivity contribution in [2.75, 3.05) is 19.6 Å². The average molecular weight is 1530 g/mol. The topological polar surface area (TPSA) is 193 Å². The molecule has 15 nitrogen and oxygen atoms in total. The number of nitrogens with one attached hydrogen (secondary N) is 2. The molecule has 0 spiro atoms. The van der Waals surface area contributed by atoms with E-state index >= 15 is 0 Å². The van der Waals surface area contributed by atoms with Crippen molar-refractivity contribution in [3.8, 4) is 61.7 Å². The van der Waals surface area contributed by atoms with Gasteiger partial charge in [-0.2, -0.15) is 9.47 Å². The predicted molar refractivity (Wildman–Crippen MR) is 472 cm³/mol. The smallest absolute Gasteiger partial charge is 0.330 e. The predicted octanol–water partition coefficient (Wildman–Crippen LogP) is 22.1. The first kappa shape index (κ1) is 98.6. The van der Waals surface area contributed by atoms with Gasteiger partial charge in [0.05, 0.1) is 30.2 Å². The third-order valence-corrected chi connectivity index (χ3v) is 18.9. The summed E-state index contributed by atoms with van der Waals surface area (Å²) in [7, 11) is 0. The van der Waals surface area contributed by atoms with Gasteiger partial charge in [0.1, 0.15) is 39.7 Å². The molecule has 0 aliphatic carbocycles. The molecule has 10 heterocycles. The Hall–Kier alpha value is -9.44. The molecule has 5 aliphatic rings. The van der Waals surface area contributed by atoms with Crippen LogP contribution in [0, 0.1) is 83.4 Å². The lowest BCUT2D eigenvalue weighted by atomic mass is 9.84. The molecule has 110 heavy (non-hydrogen) atoms. The molecule has 0 fully saturated rings. The standard InChI is InChI=1S/3C10H13N.2C9H12N2.C9H15NO.C9H13NO.2C9H13NS.C9H14O2/c2*1-5-9-8(6-7-11-9)10(2,3)4;1-5-8-6-7-9(11-8)10(2,3)4;1-5-8-10-6-7(11-8)9(2,3)4;1-5-7-6-8(11-10-7)9(2,3)4;1-9(2,3)10-7-5-4-6-8(10)11;1-5-7-6-8(11-10-7)9(2,3)4;1-5-8-10-6-7(11-8)9(2,3)4;1-5-7-6-8(11-10-7)9(2,3)4;1-9(2,3)7-5-4-6-8(10)11-7/h2*1,6H,7H2,2-4H3;1,7H,6H2,2-4H3;2*1,6H,2-4H3,(H,10,11);4,6H,5,7H2,1-3H3;3*5-6H,1H2,2-4H3;4,6-7H,5H2,1-3H3. The minimum Gasteiger partial charge on any atom is -0.458 e. The molecule has 17 heteroatoms. The van der Waals surface area contributed by atoms with Gasteiger partial charge in [-0.05, 0) is 119 Å². The van der Waals surface area contributed by atoms with E-state index < -0.39 is 0 Å². The fraction of sp³-hybridized carbons (Fsp3) is 0.505. The highest BCUT2D eigenvalue weighted by atomic mass is 32.1. The number of rotatable bonds is 3. The number of thiazole rings is 1. The molecule has 0 aromatic carbocycles. The second kappa shape index (κ2) is 42.7. The zero-order valence-corrected chi connectivity index (χ0v) is 74.1. The van der Waals surface area contributed by atoms with E-state index in [0.29, 0.717) is 5.82 Å². The maximum Gasteiger partial charge on any atom is 0.330 e. The summed E-state index contributed by atoms with van der Waals surface area (Å²) in [6.45, 7) is 77.1. The summed E-state index contributed by atoms with van der Waals surface area (Å²) >= 11 is 3.27. The molecule has 10 rings (SSSR count). The van der Waals surface area contributed by atoms with E-state index in [1.165, 1.54) is 27.0 Å². The lowest BCUT2D eigenvalue weighted by molar-refractivity contribution is -0.149. The largest absolute Gasteiger partial charge is 0.458 e. The molecular formula is C93H131N11O4S2. The number of imidazole rings is 1. The number of aliphatic imine (C=N–C) groups is 3. The van der Waals surface area contributed by atoms with Crippen LogP contribution in [0.4, 0.5) is 0 Å². The number of aromatic amines is 2. The summed E-state index contributed by atoms with van der Waals surface area (Å²) in [6, 6.07) is 5.91. The van der Waals surface area contributed by atoms with E-state index in [9.17, 15) is 9.59 Å². The van der Waals surface area contributed by atoms with Gasteiger partial charge in [0.2, 0.25) is 5.91 Å². The zero-order chi connectivity index (χ0) is 84.8. The number of amides is 1. The first-order chi connectivity index (χ1) is 50.3. The number of ether oxygens (including phenoxy) is 1. The second-order valence-corrected chi connectivity index (χ2v) is 38.6. The number of cyclic esters (lactones) is 1. The summed E-state index contributed by atoms with van der Waals surface area (Å²) in [5.74, 6) is 14.2. The molecule has 5 aliphatic heterocycles. The Morgan fingerprint density at radius 1 is 0.573 bits per heavy atom. The van der Waals surface area contributed by atoms with Crippen LogP contribution in [0.3, 0.4) is 0 Å². The van der Waals surface area contributed by atoms with Gasteiger partial charge in [-0.1, -0.05) is 266 Å². The first-order valence-corrected chi connectivity index (χ1v) is 38.8. The Labute approximate surface area is 672 Å². The number of hydrogen-bond acceptors (Lipinski definition) is 14. The maximum atomic E-state index is 11.3. The number of terminal acetylenes is 5. The zero-order valence-electron chi connectivity index (χ0n) is 72.5. The second-order valence-electron chi connectivity index (χ2n) is 36.7. The van der Waals surface area contributed by atoms with Crippen LogP contribution in [-0.2, 0) is 41.4 Å². The molecular weight excluding hydrogens is 1400 g/mol. The van der Waals surface area contributed by atoms with Crippen LogP contribution in [-0.4, -0.2) is 99.9 Å². The van der Waals surface area contributed by atoms with Crippen LogP contribution in [0.25, 0.3) is 18.2 Å². The first-order valence-electron chi connectivity index (χ1n) is 37.2. The Kier molecular flexibility index (Phi) is 38.2. The third kappa shape index (κ3) is 35.9.